The maximum atomic E-state index is 12.3. The van der Waals surface area contributed by atoms with E-state index < -0.39 is 5.97 Å². The molecule has 1 saturated heterocycles. The molecule has 2 aliphatic rings. The molecule has 2 fully saturated rings. The Labute approximate surface area is 120 Å². The summed E-state index contributed by atoms with van der Waals surface area (Å²) in [6.07, 6.45) is 3.22. The van der Waals surface area contributed by atoms with E-state index in [0.717, 1.165) is 52.0 Å². The molecule has 1 aliphatic carbocycles. The second-order valence-electron chi connectivity index (χ2n) is 5.71. The van der Waals surface area contributed by atoms with E-state index in [1.165, 1.54) is 0 Å². The van der Waals surface area contributed by atoms with Gasteiger partial charge in [0.2, 0.25) is 5.91 Å². The lowest BCUT2D eigenvalue weighted by atomic mass is 10.3. The zero-order chi connectivity index (χ0) is 14.5. The fourth-order valence-electron chi connectivity index (χ4n) is 2.84. The summed E-state index contributed by atoms with van der Waals surface area (Å²) in [5.41, 5.74) is 0. The van der Waals surface area contributed by atoms with Crippen molar-refractivity contribution in [3.63, 3.8) is 0 Å². The molecule has 1 heterocycles. The number of nitrogens with zero attached hydrogens (tertiary/aromatic N) is 3. The minimum absolute atomic E-state index is 0.102. The summed E-state index contributed by atoms with van der Waals surface area (Å²) in [5.74, 6) is -0.554. The third kappa shape index (κ3) is 4.45. The summed E-state index contributed by atoms with van der Waals surface area (Å²) < 4.78 is 0. The van der Waals surface area contributed by atoms with E-state index in [1.54, 1.807) is 0 Å². The van der Waals surface area contributed by atoms with E-state index in [9.17, 15) is 9.59 Å². The normalized spacial score (nSPS) is 21.4. The summed E-state index contributed by atoms with van der Waals surface area (Å²) >= 11 is 0. The summed E-state index contributed by atoms with van der Waals surface area (Å²) in [5, 5.41) is 8.83. The third-order valence-electron chi connectivity index (χ3n) is 4.05. The molecular weight excluding hydrogens is 258 g/mol. The molecule has 1 aliphatic heterocycles. The van der Waals surface area contributed by atoms with Crippen LogP contribution < -0.4 is 0 Å². The van der Waals surface area contributed by atoms with Gasteiger partial charge in [-0.15, -0.1) is 0 Å². The summed E-state index contributed by atoms with van der Waals surface area (Å²) in [6.45, 7) is 6.60. The molecule has 6 heteroatoms. The molecule has 0 aromatic rings. The highest BCUT2D eigenvalue weighted by atomic mass is 16.4. The van der Waals surface area contributed by atoms with E-state index in [4.69, 9.17) is 5.11 Å². The highest BCUT2D eigenvalue weighted by molar-refractivity contribution is 5.79. The number of hydrogen-bond acceptors (Lipinski definition) is 4. The third-order valence-corrected chi connectivity index (χ3v) is 4.05. The summed E-state index contributed by atoms with van der Waals surface area (Å²) in [7, 11) is 0. The maximum Gasteiger partial charge on any atom is 0.317 e. The number of carbonyl (C=O) groups excluding carboxylic acids is 1. The van der Waals surface area contributed by atoms with Gasteiger partial charge in [0.1, 0.15) is 0 Å². The molecule has 0 spiro atoms. The van der Waals surface area contributed by atoms with Crippen LogP contribution in [0.4, 0.5) is 0 Å². The van der Waals surface area contributed by atoms with Crippen molar-refractivity contribution in [1.82, 2.24) is 14.7 Å². The van der Waals surface area contributed by atoms with Crippen LogP contribution in [0, 0.1) is 0 Å². The second-order valence-corrected chi connectivity index (χ2v) is 5.71. The van der Waals surface area contributed by atoms with Crippen molar-refractivity contribution in [3.8, 4) is 0 Å². The van der Waals surface area contributed by atoms with Crippen molar-refractivity contribution < 1.29 is 14.7 Å². The van der Waals surface area contributed by atoms with Gasteiger partial charge < -0.3 is 10.0 Å². The minimum Gasteiger partial charge on any atom is -0.480 e. The van der Waals surface area contributed by atoms with Crippen LogP contribution in [0.3, 0.4) is 0 Å². The standard InChI is InChI=1S/C14H25N3O3/c1-2-17(12-4-5-12)13(18)10-15-6-3-7-16(9-8-15)11-14(19)20/h12H,2-11H2,1H3,(H,19,20). The summed E-state index contributed by atoms with van der Waals surface area (Å²) in [6, 6.07) is 0.475. The van der Waals surface area contributed by atoms with Crippen LogP contribution in [0.5, 0.6) is 0 Å². The van der Waals surface area contributed by atoms with Crippen LogP contribution in [0.1, 0.15) is 26.2 Å². The zero-order valence-corrected chi connectivity index (χ0v) is 12.3. The van der Waals surface area contributed by atoms with Crippen LogP contribution >= 0.6 is 0 Å². The van der Waals surface area contributed by atoms with Gasteiger partial charge in [0.15, 0.2) is 0 Å². The number of amides is 1. The SMILES string of the molecule is CCN(C(=O)CN1CCCN(CC(=O)O)CC1)C1CC1. The first-order chi connectivity index (χ1) is 9.60. The van der Waals surface area contributed by atoms with Gasteiger partial charge in [0.25, 0.3) is 0 Å². The number of likely N-dealkylation sites (N-methyl/N-ethyl adjacent to an activating group) is 1. The molecule has 0 radical (unpaired) electrons. The van der Waals surface area contributed by atoms with Crippen LogP contribution in [0.15, 0.2) is 0 Å². The quantitative estimate of drug-likeness (QED) is 0.748. The molecule has 1 N–H and O–H groups in total. The fraction of sp³-hybridized carbons (Fsp3) is 0.857. The average molecular weight is 283 g/mol. The van der Waals surface area contributed by atoms with Gasteiger partial charge in [-0.05, 0) is 32.7 Å². The molecule has 114 valence electrons. The Balaban J connectivity index is 1.78. The second kappa shape index (κ2) is 7.04. The van der Waals surface area contributed by atoms with Crippen molar-refractivity contribution in [2.75, 3.05) is 45.8 Å². The Morgan fingerprint density at radius 1 is 1.10 bits per heavy atom. The molecule has 0 aromatic carbocycles. The van der Waals surface area contributed by atoms with Crippen LogP contribution in [0.2, 0.25) is 0 Å². The molecule has 1 amide bonds. The van der Waals surface area contributed by atoms with Gasteiger partial charge in [-0.3, -0.25) is 19.4 Å². The van der Waals surface area contributed by atoms with Crippen LogP contribution in [-0.4, -0.2) is 83.5 Å². The number of hydrogen-bond donors (Lipinski definition) is 1. The van der Waals surface area contributed by atoms with E-state index in [0.29, 0.717) is 12.6 Å². The van der Waals surface area contributed by atoms with E-state index in [-0.39, 0.29) is 12.5 Å². The number of aliphatic carboxylic acids is 1. The molecule has 20 heavy (non-hydrogen) atoms. The smallest absolute Gasteiger partial charge is 0.317 e. The molecular formula is C14H25N3O3. The topological polar surface area (TPSA) is 64.1 Å². The molecule has 0 aromatic heterocycles. The van der Waals surface area contributed by atoms with Crippen molar-refractivity contribution in [3.05, 3.63) is 0 Å². The van der Waals surface area contributed by atoms with Crippen molar-refractivity contribution in [2.24, 2.45) is 0 Å². The first-order valence-corrected chi connectivity index (χ1v) is 7.56. The van der Waals surface area contributed by atoms with Gasteiger partial charge >= 0.3 is 5.97 Å². The van der Waals surface area contributed by atoms with Gasteiger partial charge in [-0.2, -0.15) is 0 Å². The van der Waals surface area contributed by atoms with Crippen molar-refractivity contribution >= 4 is 11.9 Å². The van der Waals surface area contributed by atoms with Gasteiger partial charge in [0.05, 0.1) is 13.1 Å². The molecule has 6 nitrogen and oxygen atoms in total. The van der Waals surface area contributed by atoms with E-state index in [1.807, 2.05) is 16.7 Å². The Morgan fingerprint density at radius 3 is 2.20 bits per heavy atom. The number of carbonyl (C=O) groups is 2. The Hall–Kier alpha value is -1.14. The monoisotopic (exact) mass is 283 g/mol. The van der Waals surface area contributed by atoms with Crippen molar-refractivity contribution in [2.45, 2.75) is 32.2 Å². The largest absolute Gasteiger partial charge is 0.480 e. The van der Waals surface area contributed by atoms with Crippen LogP contribution in [-0.2, 0) is 9.59 Å². The lowest BCUT2D eigenvalue weighted by molar-refractivity contribution is -0.138. The highest BCUT2D eigenvalue weighted by Crippen LogP contribution is 2.26. The zero-order valence-electron chi connectivity index (χ0n) is 12.3. The van der Waals surface area contributed by atoms with Gasteiger partial charge in [0, 0.05) is 32.2 Å². The lowest BCUT2D eigenvalue weighted by Crippen LogP contribution is -2.42. The highest BCUT2D eigenvalue weighted by Gasteiger charge is 2.32. The Morgan fingerprint density at radius 2 is 1.70 bits per heavy atom. The number of carboxylic acid groups (broad SMARTS) is 1. The van der Waals surface area contributed by atoms with Crippen molar-refractivity contribution in [1.29, 1.82) is 0 Å². The average Bonchev–Trinajstić information content (AvgIpc) is 3.19. The lowest BCUT2D eigenvalue weighted by Gasteiger charge is -2.25. The van der Waals surface area contributed by atoms with E-state index in [2.05, 4.69) is 4.90 Å². The van der Waals surface area contributed by atoms with E-state index >= 15 is 0 Å². The number of carboxylic acids is 1. The molecule has 0 unspecified atom stereocenters. The fourth-order valence-corrected chi connectivity index (χ4v) is 2.84. The molecule has 2 rings (SSSR count). The van der Waals surface area contributed by atoms with Gasteiger partial charge in [-0.1, -0.05) is 0 Å². The predicted molar refractivity (Wildman–Crippen MR) is 75.5 cm³/mol. The summed E-state index contributed by atoms with van der Waals surface area (Å²) in [4.78, 5) is 29.1. The molecule has 0 bridgehead atoms. The first-order valence-electron chi connectivity index (χ1n) is 7.56. The first kappa shape index (κ1) is 15.3. The Kier molecular flexibility index (Phi) is 5.37. The predicted octanol–water partition coefficient (Wildman–Crippen LogP) is 0.0896. The Bertz CT molecular complexity index is 358. The van der Waals surface area contributed by atoms with Crippen LogP contribution in [0.25, 0.3) is 0 Å². The molecule has 0 atom stereocenters. The minimum atomic E-state index is -0.777. The van der Waals surface area contributed by atoms with Gasteiger partial charge in [-0.25, -0.2) is 0 Å². The molecule has 1 saturated carbocycles. The number of rotatable bonds is 6. The maximum absolute atomic E-state index is 12.3.